The van der Waals surface area contributed by atoms with Crippen LogP contribution in [0.3, 0.4) is 0 Å². The Labute approximate surface area is 101 Å². The monoisotopic (exact) mass is 292 g/mol. The van der Waals surface area contributed by atoms with E-state index < -0.39 is 36.4 Å². The molecular formula is C3H2Cl2N4O8. The van der Waals surface area contributed by atoms with Gasteiger partial charge < -0.3 is 0 Å². The highest BCUT2D eigenvalue weighted by atomic mass is 35.5. The summed E-state index contributed by atoms with van der Waals surface area (Å²) in [5.41, 5.74) is 0. The predicted molar refractivity (Wildman–Crippen MR) is 49.8 cm³/mol. The third-order valence-electron chi connectivity index (χ3n) is 1.57. The van der Waals surface area contributed by atoms with E-state index in [2.05, 4.69) is 0 Å². The number of halogens is 2. The third kappa shape index (κ3) is 2.65. The van der Waals surface area contributed by atoms with Gasteiger partial charge in [0.2, 0.25) is 0 Å². The van der Waals surface area contributed by atoms with E-state index in [0.717, 1.165) is 0 Å². The summed E-state index contributed by atoms with van der Waals surface area (Å²) >= 11 is 9.78. The minimum absolute atomic E-state index is 1.71. The molecule has 0 aromatic rings. The van der Waals surface area contributed by atoms with Gasteiger partial charge in [0.1, 0.15) is 19.7 Å². The van der Waals surface area contributed by atoms with E-state index in [1.165, 1.54) is 0 Å². The molecule has 0 amide bonds. The van der Waals surface area contributed by atoms with Crippen molar-refractivity contribution in [1.82, 2.24) is 0 Å². The molecule has 0 rings (SSSR count). The number of alkyl halides is 2. The first-order valence-corrected chi connectivity index (χ1v) is 4.20. The molecule has 0 saturated heterocycles. The molecule has 0 bridgehead atoms. The van der Waals surface area contributed by atoms with Gasteiger partial charge in [-0.2, -0.15) is 0 Å². The molecule has 0 aliphatic carbocycles. The van der Waals surface area contributed by atoms with E-state index in [0.29, 0.717) is 0 Å². The first-order valence-electron chi connectivity index (χ1n) is 3.44. The van der Waals surface area contributed by atoms with E-state index in [1.54, 1.807) is 0 Å². The molecule has 0 aromatic carbocycles. The summed E-state index contributed by atoms with van der Waals surface area (Å²) in [5, 5.41) is 34.0. The van der Waals surface area contributed by atoms with Crippen LogP contribution in [0.25, 0.3) is 0 Å². The maximum absolute atomic E-state index is 10.3. The first kappa shape index (κ1) is 15.2. The summed E-state index contributed by atoms with van der Waals surface area (Å²) in [4.78, 5) is 34.4. The van der Waals surface area contributed by atoms with Gasteiger partial charge in [-0.05, 0) is 0 Å². The van der Waals surface area contributed by atoms with Crippen molar-refractivity contribution in [2.75, 3.05) is 0 Å². The molecule has 96 valence electrons. The van der Waals surface area contributed by atoms with Crippen LogP contribution in [-0.2, 0) is 0 Å². The number of hydrogen-bond acceptors (Lipinski definition) is 8. The molecule has 0 saturated carbocycles. The maximum Gasteiger partial charge on any atom is 0.553 e. The normalized spacial score (nSPS) is 11.9. The van der Waals surface area contributed by atoms with Crippen molar-refractivity contribution in [3.05, 3.63) is 40.5 Å². The fraction of sp³-hybridized carbons (Fsp3) is 1.00. The molecule has 0 radical (unpaired) electrons. The lowest BCUT2D eigenvalue weighted by Gasteiger charge is -2.13. The predicted octanol–water partition coefficient (Wildman–Crippen LogP) is 0.268. The van der Waals surface area contributed by atoms with Gasteiger partial charge in [-0.25, -0.2) is 0 Å². The molecule has 17 heavy (non-hydrogen) atoms. The molecule has 0 atom stereocenters. The van der Waals surface area contributed by atoms with Crippen LogP contribution in [0.1, 0.15) is 6.42 Å². The lowest BCUT2D eigenvalue weighted by Crippen LogP contribution is -2.52. The van der Waals surface area contributed by atoms with Gasteiger partial charge in [-0.1, -0.05) is 0 Å². The molecule has 0 heterocycles. The highest BCUT2D eigenvalue weighted by Crippen LogP contribution is 2.33. The zero-order valence-corrected chi connectivity index (χ0v) is 9.03. The highest BCUT2D eigenvalue weighted by molar-refractivity contribution is 6.24. The Hall–Kier alpha value is -1.82. The van der Waals surface area contributed by atoms with Gasteiger partial charge in [0.25, 0.3) is 6.42 Å². The van der Waals surface area contributed by atoms with Crippen LogP contribution < -0.4 is 0 Å². The number of nitrogens with zero attached hydrogens (tertiary/aromatic N) is 4. The molecule has 0 aromatic heterocycles. The van der Waals surface area contributed by atoms with Gasteiger partial charge in [0, 0.05) is 23.2 Å². The molecule has 0 aliphatic heterocycles. The van der Waals surface area contributed by atoms with Crippen molar-refractivity contribution in [3.8, 4) is 0 Å². The lowest BCUT2D eigenvalue weighted by atomic mass is 10.3. The maximum atomic E-state index is 10.3. The van der Waals surface area contributed by atoms with Crippen molar-refractivity contribution in [2.45, 2.75) is 16.7 Å². The van der Waals surface area contributed by atoms with Crippen LogP contribution in [0.2, 0.25) is 0 Å². The van der Waals surface area contributed by atoms with Gasteiger partial charge in [-0.15, -0.1) is 0 Å². The smallest absolute Gasteiger partial charge is 0.257 e. The highest BCUT2D eigenvalue weighted by Gasteiger charge is 2.71. The van der Waals surface area contributed by atoms with Crippen LogP contribution in [-0.4, -0.2) is 29.9 Å². The molecule has 12 nitrogen and oxygen atoms in total. The van der Waals surface area contributed by atoms with Crippen molar-refractivity contribution < 1.29 is 19.7 Å². The fourth-order valence-electron chi connectivity index (χ4n) is 0.678. The third-order valence-corrected chi connectivity index (χ3v) is 2.39. The van der Waals surface area contributed by atoms with Crippen LogP contribution in [0.5, 0.6) is 0 Å². The van der Waals surface area contributed by atoms with Crippen LogP contribution in [0.15, 0.2) is 0 Å². The minimum Gasteiger partial charge on any atom is -0.257 e. The standard InChI is InChI=1S/C3H2Cl2N4O8/c4-2(6(10)11,7(12)13)1-3(5,8(14)15)9(16)17/h1H2. The summed E-state index contributed by atoms with van der Waals surface area (Å²) in [6.07, 6.45) is -1.93. The Balaban J connectivity index is 5.53. The fourth-order valence-corrected chi connectivity index (χ4v) is 1.12. The van der Waals surface area contributed by atoms with E-state index >= 15 is 0 Å². The van der Waals surface area contributed by atoms with Gasteiger partial charge in [0.15, 0.2) is 0 Å². The van der Waals surface area contributed by atoms with Crippen molar-refractivity contribution >= 4 is 23.2 Å². The van der Waals surface area contributed by atoms with Crippen LogP contribution in [0, 0.1) is 40.5 Å². The van der Waals surface area contributed by atoms with E-state index in [-0.39, 0.29) is 0 Å². The largest absolute Gasteiger partial charge is 0.553 e. The van der Waals surface area contributed by atoms with E-state index in [1.807, 2.05) is 0 Å². The van der Waals surface area contributed by atoms with E-state index in [9.17, 15) is 40.5 Å². The van der Waals surface area contributed by atoms with Gasteiger partial charge in [0.05, 0.1) is 0 Å². The molecule has 0 fully saturated rings. The summed E-state index contributed by atoms with van der Waals surface area (Å²) in [7, 11) is 0. The Morgan fingerprint density at radius 3 is 1.00 bits per heavy atom. The van der Waals surface area contributed by atoms with Crippen LogP contribution in [0.4, 0.5) is 0 Å². The lowest BCUT2D eigenvalue weighted by molar-refractivity contribution is -0.813. The quantitative estimate of drug-likeness (QED) is 0.220. The average Bonchev–Trinajstić information content (AvgIpc) is 2.15. The minimum atomic E-state index is -3.65. The van der Waals surface area contributed by atoms with Crippen molar-refractivity contribution in [2.24, 2.45) is 0 Å². The zero-order valence-electron chi connectivity index (χ0n) is 7.52. The van der Waals surface area contributed by atoms with E-state index in [4.69, 9.17) is 23.2 Å². The number of nitro groups is 4. The van der Waals surface area contributed by atoms with Crippen molar-refractivity contribution in [1.29, 1.82) is 0 Å². The number of rotatable bonds is 6. The summed E-state index contributed by atoms with van der Waals surface area (Å²) in [5.74, 6) is 0. The van der Waals surface area contributed by atoms with Gasteiger partial charge in [-0.3, -0.25) is 40.5 Å². The van der Waals surface area contributed by atoms with Crippen LogP contribution >= 0.6 is 23.2 Å². The zero-order chi connectivity index (χ0) is 14.0. The molecule has 14 heteroatoms. The molecule has 0 unspecified atom stereocenters. The molecular weight excluding hydrogens is 291 g/mol. The Morgan fingerprint density at radius 1 is 0.706 bits per heavy atom. The Morgan fingerprint density at radius 2 is 0.882 bits per heavy atom. The second kappa shape index (κ2) is 4.58. The first-order chi connectivity index (χ1) is 7.48. The van der Waals surface area contributed by atoms with Crippen molar-refractivity contribution in [3.63, 3.8) is 0 Å². The SMILES string of the molecule is O=[N+]([O-])C(Cl)(CC(Cl)([N+](=O)[O-])[N+](=O)[O-])[N+](=O)[O-]. The second-order valence-corrected chi connectivity index (χ2v) is 3.85. The average molecular weight is 293 g/mol. The summed E-state index contributed by atoms with van der Waals surface area (Å²) < 4.78 is 0. The number of hydrogen-bond donors (Lipinski definition) is 0. The molecule has 0 N–H and O–H groups in total. The van der Waals surface area contributed by atoms with Gasteiger partial charge >= 0.3 is 10.2 Å². The summed E-state index contributed by atoms with van der Waals surface area (Å²) in [6, 6.07) is 0. The second-order valence-electron chi connectivity index (χ2n) is 2.64. The Kier molecular flexibility index (Phi) is 4.09. The summed E-state index contributed by atoms with van der Waals surface area (Å²) in [6.45, 7) is 0. The molecule has 0 spiro atoms. The molecule has 0 aliphatic rings. The Bertz CT molecular complexity index is 332. The topological polar surface area (TPSA) is 173 Å².